The summed E-state index contributed by atoms with van der Waals surface area (Å²) >= 11 is 0. The van der Waals surface area contributed by atoms with Gasteiger partial charge >= 0.3 is 29.6 Å². The zero-order valence-corrected chi connectivity index (χ0v) is 7.57. The van der Waals surface area contributed by atoms with Crippen LogP contribution < -0.4 is 29.6 Å². The van der Waals surface area contributed by atoms with Crippen LogP contribution in [0.5, 0.6) is 0 Å². The Labute approximate surface area is 77.0 Å². The number of nitrogens with one attached hydrogen (secondary N) is 1. The smallest absolute Gasteiger partial charge is 0.701 e. The summed E-state index contributed by atoms with van der Waals surface area (Å²) in [4.78, 5) is 0. The molecule has 0 aromatic rings. The molecule has 0 saturated carbocycles. The van der Waals surface area contributed by atoms with Crippen molar-refractivity contribution < 1.29 is 29.6 Å². The van der Waals surface area contributed by atoms with Crippen molar-refractivity contribution in [3.8, 4) is 6.07 Å². The third-order valence-electron chi connectivity index (χ3n) is 1.35. The number of hydrogen-bond acceptors (Lipinski definition) is 1. The van der Waals surface area contributed by atoms with Crippen molar-refractivity contribution in [2.75, 3.05) is 0 Å². The maximum atomic E-state index is 8.31. The van der Waals surface area contributed by atoms with Gasteiger partial charge in [0.15, 0.2) is 0 Å². The summed E-state index contributed by atoms with van der Waals surface area (Å²) in [6, 6.07) is 2.01. The van der Waals surface area contributed by atoms with E-state index in [-0.39, 0.29) is 29.6 Å². The third kappa shape index (κ3) is 2.02. The second-order valence-electron chi connectivity index (χ2n) is 1.92. The van der Waals surface area contributed by atoms with E-state index >= 15 is 0 Å². The molecule has 0 spiro atoms. The van der Waals surface area contributed by atoms with Gasteiger partial charge in [0.1, 0.15) is 0 Å². The minimum absolute atomic E-state index is 0. The van der Waals surface area contributed by atoms with Gasteiger partial charge in [0.05, 0.1) is 6.07 Å². The van der Waals surface area contributed by atoms with E-state index in [1.54, 1.807) is 0 Å². The second-order valence-corrected chi connectivity index (χ2v) is 1.92. The average molecular weight is 130 g/mol. The fourth-order valence-electron chi connectivity index (χ4n) is 0.867. The molecule has 0 aromatic carbocycles. The molecule has 0 unspecified atom stereocenters. The summed E-state index contributed by atoms with van der Waals surface area (Å²) in [7, 11) is 0. The Balaban J connectivity index is 0.000000640. The molecule has 1 aliphatic carbocycles. The summed E-state index contributed by atoms with van der Waals surface area (Å²) < 4.78 is 0. The molecule has 9 heavy (non-hydrogen) atoms. The molecule has 42 valence electrons. The maximum absolute atomic E-state index is 8.31. The van der Waals surface area contributed by atoms with Crippen LogP contribution in [0.2, 0.25) is 0 Å². The predicted octanol–water partition coefficient (Wildman–Crippen LogP) is -0.996. The summed E-state index contributed by atoms with van der Waals surface area (Å²) in [6.07, 6.45) is 2.64. The largest absolute Gasteiger partial charge is 1.00 e. The molecule has 0 atom stereocenters. The van der Waals surface area contributed by atoms with Gasteiger partial charge in [0.2, 0.25) is 0 Å². The van der Waals surface area contributed by atoms with Crippen LogP contribution in [0.3, 0.4) is 0 Å². The van der Waals surface area contributed by atoms with Gasteiger partial charge in [-0.15, -0.1) is 0 Å². The van der Waals surface area contributed by atoms with Crippen LogP contribution in [-0.2, 0) is 0 Å². The van der Waals surface area contributed by atoms with Gasteiger partial charge in [-0.2, -0.15) is 11.0 Å². The number of hydrogen-bond donors (Lipinski definition) is 0. The van der Waals surface area contributed by atoms with Gasteiger partial charge in [0, 0.05) is 5.57 Å². The molecular weight excluding hydrogens is 123 g/mol. The molecule has 1 rings (SSSR count). The molecule has 0 radical (unpaired) electrons. The van der Waals surface area contributed by atoms with E-state index in [2.05, 4.69) is 0 Å². The monoisotopic (exact) mass is 130 g/mol. The predicted molar refractivity (Wildman–Crippen MR) is 30.8 cm³/mol. The van der Waals surface area contributed by atoms with Crippen LogP contribution >= 0.6 is 0 Å². The van der Waals surface area contributed by atoms with Gasteiger partial charge in [0.25, 0.3) is 0 Å². The number of nitriles is 1. The Kier molecular flexibility index (Phi) is 3.96. The molecule has 2 nitrogen and oxygen atoms in total. The normalized spacial score (nSPS) is 16.8. The van der Waals surface area contributed by atoms with Gasteiger partial charge in [-0.05, 0) is 19.3 Å². The van der Waals surface area contributed by atoms with Crippen molar-refractivity contribution in [2.45, 2.75) is 19.3 Å². The first-order chi connectivity index (χ1) is 3.84. The summed E-state index contributed by atoms with van der Waals surface area (Å²) in [5.41, 5.74) is 8.38. The number of nitrogens with zero attached hydrogens (tertiary/aromatic N) is 1. The van der Waals surface area contributed by atoms with Crippen molar-refractivity contribution >= 4 is 0 Å². The Bertz CT molecular complexity index is 166. The molecule has 0 aliphatic heterocycles. The quantitative estimate of drug-likeness (QED) is 0.388. The van der Waals surface area contributed by atoms with Gasteiger partial charge < -0.3 is 5.73 Å². The first-order valence-corrected chi connectivity index (χ1v) is 2.68. The minimum Gasteiger partial charge on any atom is -0.701 e. The Morgan fingerprint density at radius 1 is 1.44 bits per heavy atom. The molecule has 3 heteroatoms. The first-order valence-electron chi connectivity index (χ1n) is 2.68. The van der Waals surface area contributed by atoms with Crippen LogP contribution in [0.25, 0.3) is 5.73 Å². The fraction of sp³-hybridized carbons (Fsp3) is 0.500. The van der Waals surface area contributed by atoms with Crippen molar-refractivity contribution in [3.05, 3.63) is 17.0 Å². The van der Waals surface area contributed by atoms with Crippen LogP contribution in [0.4, 0.5) is 0 Å². The molecule has 1 aliphatic rings. The standard InChI is InChI=1S/C6H7N2.Na/c7-4-5-2-1-3-6(5)8;/h8H,1-3H2;/q-1;+1. The second kappa shape index (κ2) is 3.94. The van der Waals surface area contributed by atoms with Gasteiger partial charge in [-0.1, -0.05) is 0 Å². The van der Waals surface area contributed by atoms with E-state index in [0.717, 1.165) is 19.3 Å². The van der Waals surface area contributed by atoms with E-state index in [0.29, 0.717) is 11.3 Å². The van der Waals surface area contributed by atoms with Crippen LogP contribution in [0.15, 0.2) is 11.3 Å². The number of allylic oxidation sites excluding steroid dienone is 2. The van der Waals surface area contributed by atoms with Crippen molar-refractivity contribution in [2.24, 2.45) is 0 Å². The molecule has 0 amide bonds. The van der Waals surface area contributed by atoms with E-state index in [1.165, 1.54) is 0 Å². The zero-order valence-electron chi connectivity index (χ0n) is 5.57. The van der Waals surface area contributed by atoms with Crippen LogP contribution in [0, 0.1) is 11.3 Å². The Hall–Kier alpha value is 0.0300. The third-order valence-corrected chi connectivity index (χ3v) is 1.35. The Morgan fingerprint density at radius 2 is 2.11 bits per heavy atom. The zero-order chi connectivity index (χ0) is 5.98. The molecule has 0 aromatic heterocycles. The molecule has 0 heterocycles. The van der Waals surface area contributed by atoms with Crippen LogP contribution in [0.1, 0.15) is 19.3 Å². The van der Waals surface area contributed by atoms with Gasteiger partial charge in [-0.3, -0.25) is 0 Å². The van der Waals surface area contributed by atoms with E-state index in [4.69, 9.17) is 11.0 Å². The van der Waals surface area contributed by atoms with Crippen molar-refractivity contribution in [3.63, 3.8) is 0 Å². The number of rotatable bonds is 0. The van der Waals surface area contributed by atoms with Gasteiger partial charge in [-0.25, -0.2) is 0 Å². The molecule has 0 saturated heterocycles. The van der Waals surface area contributed by atoms with Crippen LogP contribution in [-0.4, -0.2) is 0 Å². The molecule has 0 fully saturated rings. The molecule has 1 N–H and O–H groups in total. The summed E-state index contributed by atoms with van der Waals surface area (Å²) in [6.45, 7) is 0. The molecule has 0 bridgehead atoms. The first kappa shape index (κ1) is 9.03. The Morgan fingerprint density at radius 3 is 2.33 bits per heavy atom. The summed E-state index contributed by atoms with van der Waals surface area (Å²) in [5.74, 6) is 0. The van der Waals surface area contributed by atoms with E-state index in [1.807, 2.05) is 6.07 Å². The SMILES string of the molecule is N#CC1=C([NH-])CCC1.[Na+]. The molecular formula is C6H7N2Na. The summed E-state index contributed by atoms with van der Waals surface area (Å²) in [5, 5.41) is 8.31. The minimum atomic E-state index is 0. The maximum Gasteiger partial charge on any atom is 1.00 e. The fourth-order valence-corrected chi connectivity index (χ4v) is 0.867. The van der Waals surface area contributed by atoms with Crippen molar-refractivity contribution in [1.29, 1.82) is 5.26 Å². The van der Waals surface area contributed by atoms with E-state index < -0.39 is 0 Å². The van der Waals surface area contributed by atoms with E-state index in [9.17, 15) is 0 Å². The van der Waals surface area contributed by atoms with Crippen molar-refractivity contribution in [1.82, 2.24) is 0 Å². The topological polar surface area (TPSA) is 47.6 Å². The average Bonchev–Trinajstić information content (AvgIpc) is 2.14.